The first-order valence-corrected chi connectivity index (χ1v) is 13.4. The third kappa shape index (κ3) is 5.84. The molecule has 0 unspecified atom stereocenters. The van der Waals surface area contributed by atoms with Crippen molar-refractivity contribution in [2.75, 3.05) is 55.3 Å². The summed E-state index contributed by atoms with van der Waals surface area (Å²) in [4.78, 5) is 29.5. The van der Waals surface area contributed by atoms with Crippen molar-refractivity contribution >= 4 is 29.0 Å². The van der Waals surface area contributed by atoms with Gasteiger partial charge in [-0.3, -0.25) is 4.79 Å². The van der Waals surface area contributed by atoms with Crippen LogP contribution in [0.4, 0.5) is 36.3 Å². The van der Waals surface area contributed by atoms with Crippen LogP contribution in [0.15, 0.2) is 49.1 Å². The molecular formula is C28H31F3N10O. The molecule has 11 nitrogen and oxygen atoms in total. The molecule has 0 bridgehead atoms. The molecule has 42 heavy (non-hydrogen) atoms. The minimum Gasteiger partial charge on any atom is -0.373 e. The Morgan fingerprint density at radius 1 is 1.02 bits per heavy atom. The normalized spacial score (nSPS) is 14.2. The molecule has 2 aromatic carbocycles. The Morgan fingerprint density at radius 2 is 1.79 bits per heavy atom. The van der Waals surface area contributed by atoms with E-state index in [1.165, 1.54) is 17.3 Å². The third-order valence-corrected chi connectivity index (χ3v) is 7.32. The number of nitrogens with two attached hydrogens (primary N) is 1. The molecule has 0 spiro atoms. The molecule has 1 saturated heterocycles. The highest BCUT2D eigenvalue weighted by atomic mass is 19.4. The van der Waals surface area contributed by atoms with E-state index in [9.17, 15) is 18.0 Å². The molecule has 0 saturated carbocycles. The number of carbonyl (C=O) groups is 1. The zero-order valence-electron chi connectivity index (χ0n) is 23.4. The number of alkyl halides is 3. The quantitative estimate of drug-likeness (QED) is 0.282. The Labute approximate surface area is 240 Å². The predicted octanol–water partition coefficient (Wildman–Crippen LogP) is 4.08. The number of amides is 1. The number of aryl methyl sites for hydroxylation is 1. The summed E-state index contributed by atoms with van der Waals surface area (Å²) in [5.41, 5.74) is 7.22. The number of hydrogen-bond donors (Lipinski definition) is 3. The third-order valence-electron chi connectivity index (χ3n) is 7.32. The number of carbonyl (C=O) groups excluding carboxylic acids is 1. The summed E-state index contributed by atoms with van der Waals surface area (Å²) in [6.45, 7) is 7.16. The summed E-state index contributed by atoms with van der Waals surface area (Å²) in [6.07, 6.45) is -1.88. The fraction of sp³-hybridized carbons (Fsp3) is 0.321. The number of nitrogens with zero attached hydrogens (tertiary/aromatic N) is 7. The van der Waals surface area contributed by atoms with Crippen LogP contribution in [-0.2, 0) is 6.18 Å². The van der Waals surface area contributed by atoms with E-state index < -0.39 is 17.6 Å². The van der Waals surface area contributed by atoms with E-state index in [1.807, 2.05) is 24.8 Å². The highest BCUT2D eigenvalue weighted by Gasteiger charge is 2.34. The van der Waals surface area contributed by atoms with E-state index in [1.54, 1.807) is 25.2 Å². The Hall–Kier alpha value is -4.72. The minimum absolute atomic E-state index is 0.198. The zero-order chi connectivity index (χ0) is 30.0. The van der Waals surface area contributed by atoms with Gasteiger partial charge in [0, 0.05) is 61.8 Å². The van der Waals surface area contributed by atoms with Crippen molar-refractivity contribution in [3.05, 3.63) is 65.7 Å². The van der Waals surface area contributed by atoms with Crippen molar-refractivity contribution in [1.29, 1.82) is 0 Å². The lowest BCUT2D eigenvalue weighted by molar-refractivity contribution is -0.137. The maximum absolute atomic E-state index is 14.0. The van der Waals surface area contributed by atoms with E-state index in [-0.39, 0.29) is 5.56 Å². The average molecular weight is 581 g/mol. The molecule has 1 aliphatic heterocycles. The van der Waals surface area contributed by atoms with Crippen LogP contribution in [0, 0.1) is 6.92 Å². The number of nitrogens with one attached hydrogen (secondary N) is 2. The van der Waals surface area contributed by atoms with Crippen molar-refractivity contribution in [3.8, 4) is 16.9 Å². The van der Waals surface area contributed by atoms with Crippen molar-refractivity contribution < 1.29 is 18.0 Å². The van der Waals surface area contributed by atoms with Gasteiger partial charge in [0.15, 0.2) is 5.82 Å². The first kappa shape index (κ1) is 28.8. The molecule has 1 aliphatic rings. The van der Waals surface area contributed by atoms with Crippen molar-refractivity contribution in [1.82, 2.24) is 29.6 Å². The number of likely N-dealkylation sites (N-methyl/N-ethyl adjacent to an activating group) is 1. The number of rotatable bonds is 8. The van der Waals surface area contributed by atoms with E-state index in [0.717, 1.165) is 24.2 Å². The lowest BCUT2D eigenvalue weighted by Crippen LogP contribution is -2.46. The SMILES string of the molecule is CCN1CCN(c2cc(C(F)(F)F)cc(C(N)=O)c2-c2ccc(C)c(Nc3ncnn3-c3cc(NC)ncn3)c2)CC1. The van der Waals surface area contributed by atoms with Crippen LogP contribution in [0.2, 0.25) is 0 Å². The Bertz CT molecular complexity index is 1600. The van der Waals surface area contributed by atoms with E-state index in [2.05, 4.69) is 35.6 Å². The smallest absolute Gasteiger partial charge is 0.373 e. The molecule has 0 radical (unpaired) electrons. The minimum atomic E-state index is -4.65. The fourth-order valence-corrected chi connectivity index (χ4v) is 4.97. The van der Waals surface area contributed by atoms with Gasteiger partial charge < -0.3 is 26.2 Å². The second-order valence-corrected chi connectivity index (χ2v) is 9.86. The number of piperazine rings is 1. The summed E-state index contributed by atoms with van der Waals surface area (Å²) in [6, 6.07) is 9.02. The molecule has 1 fully saturated rings. The van der Waals surface area contributed by atoms with Gasteiger partial charge in [-0.15, -0.1) is 0 Å². The number of primary amides is 1. The van der Waals surface area contributed by atoms with Gasteiger partial charge >= 0.3 is 6.18 Å². The highest BCUT2D eigenvalue weighted by molar-refractivity contribution is 6.04. The number of aromatic nitrogens is 5. The van der Waals surface area contributed by atoms with Gasteiger partial charge in [-0.05, 0) is 42.8 Å². The molecule has 220 valence electrons. The lowest BCUT2D eigenvalue weighted by Gasteiger charge is -2.37. The summed E-state index contributed by atoms with van der Waals surface area (Å²) >= 11 is 0. The van der Waals surface area contributed by atoms with Crippen LogP contribution in [0.5, 0.6) is 0 Å². The first-order chi connectivity index (χ1) is 20.1. The average Bonchev–Trinajstić information content (AvgIpc) is 3.45. The lowest BCUT2D eigenvalue weighted by atomic mass is 9.92. The Morgan fingerprint density at radius 3 is 2.45 bits per heavy atom. The van der Waals surface area contributed by atoms with Crippen LogP contribution in [-0.4, -0.2) is 75.3 Å². The maximum Gasteiger partial charge on any atom is 0.416 e. The zero-order valence-corrected chi connectivity index (χ0v) is 23.4. The topological polar surface area (TPSA) is 130 Å². The Balaban J connectivity index is 1.60. The summed E-state index contributed by atoms with van der Waals surface area (Å²) in [5.74, 6) is 0.474. The first-order valence-electron chi connectivity index (χ1n) is 13.4. The van der Waals surface area contributed by atoms with Crippen molar-refractivity contribution in [3.63, 3.8) is 0 Å². The van der Waals surface area contributed by atoms with Crippen LogP contribution in [0.1, 0.15) is 28.4 Å². The monoisotopic (exact) mass is 580 g/mol. The molecule has 5 rings (SSSR count). The fourth-order valence-electron chi connectivity index (χ4n) is 4.97. The van der Waals surface area contributed by atoms with Crippen LogP contribution in [0.3, 0.4) is 0 Å². The van der Waals surface area contributed by atoms with Gasteiger partial charge in [0.25, 0.3) is 0 Å². The van der Waals surface area contributed by atoms with Gasteiger partial charge in [0.05, 0.1) is 5.56 Å². The van der Waals surface area contributed by atoms with Crippen molar-refractivity contribution in [2.24, 2.45) is 5.73 Å². The van der Waals surface area contributed by atoms with Gasteiger partial charge in [-0.1, -0.05) is 19.1 Å². The van der Waals surface area contributed by atoms with Gasteiger partial charge in [-0.2, -0.15) is 27.9 Å². The molecule has 3 heterocycles. The second-order valence-electron chi connectivity index (χ2n) is 9.86. The molecule has 4 aromatic rings. The van der Waals surface area contributed by atoms with Crippen LogP contribution >= 0.6 is 0 Å². The predicted molar refractivity (Wildman–Crippen MR) is 154 cm³/mol. The number of benzene rings is 2. The van der Waals surface area contributed by atoms with Gasteiger partial charge in [0.1, 0.15) is 18.5 Å². The van der Waals surface area contributed by atoms with Crippen LogP contribution < -0.4 is 21.3 Å². The summed E-state index contributed by atoms with van der Waals surface area (Å²) in [7, 11) is 1.74. The molecular weight excluding hydrogens is 549 g/mol. The largest absolute Gasteiger partial charge is 0.416 e. The molecule has 2 aromatic heterocycles. The van der Waals surface area contributed by atoms with E-state index >= 15 is 0 Å². The highest BCUT2D eigenvalue weighted by Crippen LogP contribution is 2.42. The number of anilines is 4. The molecule has 14 heteroatoms. The van der Waals surface area contributed by atoms with Crippen LogP contribution in [0.25, 0.3) is 16.9 Å². The number of halogens is 3. The molecule has 0 aliphatic carbocycles. The van der Waals surface area contributed by atoms with Gasteiger partial charge in [-0.25, -0.2) is 9.97 Å². The van der Waals surface area contributed by atoms with Gasteiger partial charge in [0.2, 0.25) is 11.9 Å². The number of hydrogen-bond acceptors (Lipinski definition) is 9. The van der Waals surface area contributed by atoms with E-state index in [0.29, 0.717) is 66.3 Å². The standard InChI is InChI=1S/C28H31F3N10O/c1-4-39-7-9-40(10-8-39)22-13-19(28(29,30)31)12-20(26(32)42)25(22)18-6-5-17(2)21(11-18)38-27-36-16-37-41(27)24-14-23(33-3)34-15-35-24/h5-6,11-16H,4,7-10H2,1-3H3,(H2,32,42)(H,33,34,35)(H,36,37,38). The molecule has 1 amide bonds. The summed E-state index contributed by atoms with van der Waals surface area (Å²) in [5, 5.41) is 10.5. The summed E-state index contributed by atoms with van der Waals surface area (Å²) < 4.78 is 43.4. The van der Waals surface area contributed by atoms with Crippen molar-refractivity contribution in [2.45, 2.75) is 20.0 Å². The molecule has 0 atom stereocenters. The second kappa shape index (κ2) is 11.6. The molecule has 4 N–H and O–H groups in total. The maximum atomic E-state index is 14.0. The Kier molecular flexibility index (Phi) is 7.98. The van der Waals surface area contributed by atoms with E-state index in [4.69, 9.17) is 5.73 Å².